The van der Waals surface area contributed by atoms with Gasteiger partial charge in [-0.2, -0.15) is 6.42 Å². The Balaban J connectivity index is 0. The summed E-state index contributed by atoms with van der Waals surface area (Å²) in [6, 6.07) is 0. The Bertz CT molecular complexity index is 8.85. The molecule has 0 rings (SSSR count). The van der Waals surface area contributed by atoms with Crippen LogP contribution < -0.4 is 18.9 Å². The Kier molecular flexibility index (Phi) is 16.5. The van der Waals surface area contributed by atoms with Crippen molar-refractivity contribution in [2.75, 3.05) is 5.88 Å². The van der Waals surface area contributed by atoms with E-state index in [1.54, 1.807) is 0 Å². The van der Waals surface area contributed by atoms with E-state index in [0.29, 0.717) is 5.88 Å². The average Bonchev–Trinajstić information content (AvgIpc) is 1.37. The molecule has 0 aliphatic heterocycles. The van der Waals surface area contributed by atoms with Crippen LogP contribution in [0.25, 0.3) is 0 Å². The molecule has 0 fully saturated rings. The van der Waals surface area contributed by atoms with Crippen molar-refractivity contribution in [1.82, 2.24) is 0 Å². The Labute approximate surface area is 50.1 Å². The molecule has 2 heteroatoms. The van der Waals surface area contributed by atoms with Gasteiger partial charge in [0.05, 0.1) is 0 Å². The molecule has 0 N–H and O–H groups in total. The topological polar surface area (TPSA) is 0 Å². The molecule has 0 aromatic carbocycles. The summed E-state index contributed by atoms with van der Waals surface area (Å²) >= 11 is 5.12. The fourth-order valence-corrected chi connectivity index (χ4v) is 0. The molecule has 5 heavy (non-hydrogen) atoms. The van der Waals surface area contributed by atoms with E-state index in [2.05, 4.69) is 6.92 Å². The maximum Gasteiger partial charge on any atom is 1.00 e. The van der Waals surface area contributed by atoms with Gasteiger partial charge in [-0.1, -0.05) is 0 Å². The molecule has 0 aromatic heterocycles. The van der Waals surface area contributed by atoms with Crippen LogP contribution in [0, 0.1) is 6.92 Å². The van der Waals surface area contributed by atoms with Crippen molar-refractivity contribution in [2.24, 2.45) is 0 Å². The zero-order valence-corrected chi connectivity index (χ0v) is 4.26. The third-order valence-corrected chi connectivity index (χ3v) is 0.401. The van der Waals surface area contributed by atoms with Crippen LogP contribution in [0.3, 0.4) is 0 Å². The van der Waals surface area contributed by atoms with Crippen LogP contribution >= 0.6 is 11.6 Å². The van der Waals surface area contributed by atoms with E-state index >= 15 is 0 Å². The van der Waals surface area contributed by atoms with Gasteiger partial charge in [-0.05, 0) is 5.88 Å². The van der Waals surface area contributed by atoms with Crippen LogP contribution in [0.5, 0.6) is 0 Å². The first-order valence-electron chi connectivity index (χ1n) is 1.27. The first-order valence-corrected chi connectivity index (χ1v) is 1.80. The minimum absolute atomic E-state index is 0. The fourth-order valence-electron chi connectivity index (χ4n) is 0. The van der Waals surface area contributed by atoms with Crippen LogP contribution in [0.4, 0.5) is 0 Å². The molecule has 0 aliphatic carbocycles. The molecule has 0 aromatic rings. The number of halogens is 1. The smallest absolute Gasteiger partial charge is 0.342 e. The van der Waals surface area contributed by atoms with Gasteiger partial charge >= 0.3 is 18.9 Å². The van der Waals surface area contributed by atoms with Crippen molar-refractivity contribution < 1.29 is 18.9 Å². The maximum atomic E-state index is 5.12. The second kappa shape index (κ2) is 8.86. The zero-order valence-electron chi connectivity index (χ0n) is 3.50. The van der Waals surface area contributed by atoms with Gasteiger partial charge in [-0.25, -0.2) is 0 Å². The van der Waals surface area contributed by atoms with Gasteiger partial charge in [0.25, 0.3) is 0 Å². The largest absolute Gasteiger partial charge is 1.00 e. The van der Waals surface area contributed by atoms with Crippen LogP contribution in [0.15, 0.2) is 0 Å². The molecule has 26 valence electrons. The molecular formula is C3H6ClLi. The van der Waals surface area contributed by atoms with Crippen molar-refractivity contribution in [3.05, 3.63) is 6.92 Å². The van der Waals surface area contributed by atoms with E-state index in [9.17, 15) is 0 Å². The molecule has 0 atom stereocenters. The molecule has 0 saturated carbocycles. The van der Waals surface area contributed by atoms with E-state index in [1.165, 1.54) is 0 Å². The predicted molar refractivity (Wildman–Crippen MR) is 20.7 cm³/mol. The third kappa shape index (κ3) is 11.4. The van der Waals surface area contributed by atoms with Crippen molar-refractivity contribution in [3.63, 3.8) is 0 Å². The van der Waals surface area contributed by atoms with Gasteiger partial charge in [-0.3, -0.25) is 0 Å². The van der Waals surface area contributed by atoms with Crippen molar-refractivity contribution in [3.8, 4) is 0 Å². The van der Waals surface area contributed by atoms with Gasteiger partial charge < -0.3 is 6.92 Å². The molecule has 0 amide bonds. The quantitative estimate of drug-likeness (QED) is 0.205. The molecular weight excluding hydrogens is 78.4 g/mol. The van der Waals surface area contributed by atoms with Crippen LogP contribution in [-0.4, -0.2) is 5.88 Å². The monoisotopic (exact) mass is 84.0 g/mol. The van der Waals surface area contributed by atoms with Crippen molar-refractivity contribution in [2.45, 2.75) is 6.42 Å². The SMILES string of the molecule is [CH2-]CCCl.[Li+]. The molecule has 0 aliphatic rings. The Morgan fingerprint density at radius 2 is 1.80 bits per heavy atom. The summed E-state index contributed by atoms with van der Waals surface area (Å²) in [6.07, 6.45) is 0.835. The summed E-state index contributed by atoms with van der Waals surface area (Å²) in [4.78, 5) is 0. The number of hydrogen-bond donors (Lipinski definition) is 0. The third-order valence-electron chi connectivity index (χ3n) is 0.134. The Hall–Kier alpha value is 0.887. The second-order valence-corrected chi connectivity index (χ2v) is 0.921. The first kappa shape index (κ1) is 9.31. The minimum atomic E-state index is 0. The molecule has 0 heterocycles. The van der Waals surface area contributed by atoms with Gasteiger partial charge in [0.15, 0.2) is 0 Å². The molecule has 0 bridgehead atoms. The van der Waals surface area contributed by atoms with Crippen molar-refractivity contribution >= 4 is 11.6 Å². The maximum absolute atomic E-state index is 5.12. The van der Waals surface area contributed by atoms with E-state index in [1.807, 2.05) is 0 Å². The summed E-state index contributed by atoms with van der Waals surface area (Å²) in [5.41, 5.74) is 0. The Morgan fingerprint density at radius 1 is 1.60 bits per heavy atom. The molecule has 0 nitrogen and oxygen atoms in total. The van der Waals surface area contributed by atoms with E-state index in [-0.39, 0.29) is 18.9 Å². The summed E-state index contributed by atoms with van der Waals surface area (Å²) in [6.45, 7) is 3.47. The zero-order chi connectivity index (χ0) is 3.41. The van der Waals surface area contributed by atoms with E-state index < -0.39 is 0 Å². The Morgan fingerprint density at radius 3 is 1.80 bits per heavy atom. The summed E-state index contributed by atoms with van der Waals surface area (Å²) in [7, 11) is 0. The second-order valence-electron chi connectivity index (χ2n) is 0.543. The molecule has 0 unspecified atom stereocenters. The van der Waals surface area contributed by atoms with E-state index in [0.717, 1.165) is 6.42 Å². The van der Waals surface area contributed by atoms with E-state index in [4.69, 9.17) is 11.6 Å². The number of rotatable bonds is 1. The van der Waals surface area contributed by atoms with Gasteiger partial charge in [0, 0.05) is 0 Å². The predicted octanol–water partition coefficient (Wildman–Crippen LogP) is -1.55. The average molecular weight is 84.5 g/mol. The fraction of sp³-hybridized carbons (Fsp3) is 0.667. The van der Waals surface area contributed by atoms with Gasteiger partial charge in [0.2, 0.25) is 0 Å². The van der Waals surface area contributed by atoms with Gasteiger partial charge in [-0.15, -0.1) is 11.6 Å². The van der Waals surface area contributed by atoms with Crippen LogP contribution in [0.2, 0.25) is 0 Å². The number of hydrogen-bond acceptors (Lipinski definition) is 0. The van der Waals surface area contributed by atoms with Crippen LogP contribution in [0.1, 0.15) is 6.42 Å². The van der Waals surface area contributed by atoms with Crippen molar-refractivity contribution in [1.29, 1.82) is 0 Å². The molecule has 0 spiro atoms. The summed E-state index contributed by atoms with van der Waals surface area (Å²) in [5, 5.41) is 0. The molecule has 0 saturated heterocycles. The summed E-state index contributed by atoms with van der Waals surface area (Å²) < 4.78 is 0. The first-order chi connectivity index (χ1) is 1.91. The normalized spacial score (nSPS) is 6.00. The van der Waals surface area contributed by atoms with Crippen LogP contribution in [-0.2, 0) is 0 Å². The standard InChI is InChI=1S/C3H6Cl.Li/c1-2-3-4;/h1-3H2;/q-1;+1. The number of alkyl halides is 1. The minimum Gasteiger partial charge on any atom is -0.342 e. The molecule has 0 radical (unpaired) electrons. The summed E-state index contributed by atoms with van der Waals surface area (Å²) in [5.74, 6) is 0.681. The van der Waals surface area contributed by atoms with Gasteiger partial charge in [0.1, 0.15) is 0 Å².